The van der Waals surface area contributed by atoms with Gasteiger partial charge in [-0.2, -0.15) is 26.3 Å². The average molecular weight is 305 g/mol. The molecule has 0 fully saturated rings. The maximum absolute atomic E-state index is 12.2. The van der Waals surface area contributed by atoms with Gasteiger partial charge in [-0.3, -0.25) is 0 Å². The summed E-state index contributed by atoms with van der Waals surface area (Å²) in [5, 5.41) is 2.90. The summed E-state index contributed by atoms with van der Waals surface area (Å²) in [5.74, 6) is 0.303. The first-order valence-corrected chi connectivity index (χ1v) is 5.68. The van der Waals surface area contributed by atoms with Crippen LogP contribution < -0.4 is 5.32 Å². The van der Waals surface area contributed by atoms with Crippen molar-refractivity contribution in [2.75, 3.05) is 6.54 Å². The maximum Gasteiger partial charge on any atom is 0.423 e. The van der Waals surface area contributed by atoms with Gasteiger partial charge in [-0.05, 0) is 18.7 Å². The largest absolute Gasteiger partial charge is 0.462 e. The second-order valence-electron chi connectivity index (χ2n) is 3.92. The predicted octanol–water partition coefficient (Wildman–Crippen LogP) is 3.40. The van der Waals surface area contributed by atoms with Crippen molar-refractivity contribution in [1.29, 1.82) is 0 Å². The van der Waals surface area contributed by atoms with Crippen molar-refractivity contribution in [3.05, 3.63) is 23.7 Å². The highest BCUT2D eigenvalue weighted by Gasteiger charge is 2.58. The Morgan fingerprint density at radius 2 is 1.65 bits per heavy atom. The maximum atomic E-state index is 12.2. The summed E-state index contributed by atoms with van der Waals surface area (Å²) < 4.78 is 82.2. The Bertz CT molecular complexity index is 398. The van der Waals surface area contributed by atoms with Crippen molar-refractivity contribution in [3.8, 4) is 0 Å². The van der Waals surface area contributed by atoms with Crippen LogP contribution in [0.25, 0.3) is 0 Å². The van der Waals surface area contributed by atoms with Gasteiger partial charge in [0.25, 0.3) is 0 Å². The van der Waals surface area contributed by atoms with Crippen LogP contribution in [-0.4, -0.2) is 25.0 Å². The number of rotatable bonds is 6. The van der Waals surface area contributed by atoms with E-state index in [0.29, 0.717) is 18.8 Å². The number of alkyl halides is 6. The lowest BCUT2D eigenvalue weighted by Gasteiger charge is -2.22. The van der Waals surface area contributed by atoms with Gasteiger partial charge >= 0.3 is 12.4 Å². The highest BCUT2D eigenvalue weighted by molar-refractivity contribution is 5.06. The van der Waals surface area contributed by atoms with Gasteiger partial charge in [0, 0.05) is 0 Å². The van der Waals surface area contributed by atoms with Gasteiger partial charge in [0.05, 0.1) is 6.54 Å². The molecular formula is C11H13F6NO2. The van der Waals surface area contributed by atoms with E-state index < -0.39 is 25.1 Å². The highest BCUT2D eigenvalue weighted by Crippen LogP contribution is 2.36. The fourth-order valence-corrected chi connectivity index (χ4v) is 1.38. The third-order valence-electron chi connectivity index (χ3n) is 2.25. The number of ether oxygens (including phenoxy) is 1. The van der Waals surface area contributed by atoms with Crippen LogP contribution in [0.2, 0.25) is 0 Å². The molecule has 0 aromatic carbocycles. The van der Waals surface area contributed by atoms with Crippen LogP contribution in [0.4, 0.5) is 26.3 Å². The van der Waals surface area contributed by atoms with Crippen molar-refractivity contribution >= 4 is 0 Å². The van der Waals surface area contributed by atoms with Crippen molar-refractivity contribution < 1.29 is 35.5 Å². The molecule has 20 heavy (non-hydrogen) atoms. The van der Waals surface area contributed by atoms with Crippen molar-refractivity contribution in [2.24, 2.45) is 0 Å². The predicted molar refractivity (Wildman–Crippen MR) is 56.8 cm³/mol. The standard InChI is InChI=1S/C11H13F6NO2/c1-2-18-5-7-3-4-8(20-7)6-19-9(10(12,13)14)11(15,16)17/h3-4,9,18H,2,5-6H2,1H3. The van der Waals surface area contributed by atoms with E-state index in [1.807, 2.05) is 6.92 Å². The summed E-state index contributed by atoms with van der Waals surface area (Å²) in [7, 11) is 0. The molecule has 116 valence electrons. The van der Waals surface area contributed by atoms with E-state index in [-0.39, 0.29) is 5.76 Å². The minimum Gasteiger partial charge on any atom is -0.462 e. The Balaban J connectivity index is 2.62. The molecule has 0 aliphatic carbocycles. The van der Waals surface area contributed by atoms with E-state index in [4.69, 9.17) is 4.42 Å². The van der Waals surface area contributed by atoms with E-state index in [0.717, 1.165) is 0 Å². The Kier molecular flexibility index (Phi) is 5.46. The van der Waals surface area contributed by atoms with Crippen LogP contribution in [0.3, 0.4) is 0 Å². The summed E-state index contributed by atoms with van der Waals surface area (Å²) in [4.78, 5) is 0. The minimum absolute atomic E-state index is 0.101. The first-order chi connectivity index (χ1) is 9.14. The van der Waals surface area contributed by atoms with E-state index in [9.17, 15) is 26.3 Å². The van der Waals surface area contributed by atoms with Crippen LogP contribution in [0.1, 0.15) is 18.4 Å². The Labute approximate surface area is 110 Å². The molecule has 0 saturated heterocycles. The molecule has 1 heterocycles. The number of furan rings is 1. The molecule has 3 nitrogen and oxygen atoms in total. The zero-order chi connectivity index (χ0) is 15.4. The van der Waals surface area contributed by atoms with Crippen LogP contribution >= 0.6 is 0 Å². The lowest BCUT2D eigenvalue weighted by molar-refractivity contribution is -0.325. The molecule has 1 aromatic rings. The van der Waals surface area contributed by atoms with Gasteiger partial charge in [0.15, 0.2) is 0 Å². The molecule has 1 rings (SSSR count). The Morgan fingerprint density at radius 1 is 1.10 bits per heavy atom. The first kappa shape index (κ1) is 16.8. The molecule has 9 heteroatoms. The zero-order valence-corrected chi connectivity index (χ0v) is 10.4. The summed E-state index contributed by atoms with van der Waals surface area (Å²) in [5.41, 5.74) is 0. The molecule has 0 bridgehead atoms. The third-order valence-corrected chi connectivity index (χ3v) is 2.25. The number of hydrogen-bond acceptors (Lipinski definition) is 3. The summed E-state index contributed by atoms with van der Waals surface area (Å²) in [6.45, 7) is 1.91. The topological polar surface area (TPSA) is 34.4 Å². The van der Waals surface area contributed by atoms with Gasteiger partial charge < -0.3 is 14.5 Å². The monoisotopic (exact) mass is 305 g/mol. The molecule has 1 N–H and O–H groups in total. The quantitative estimate of drug-likeness (QED) is 0.818. The lowest BCUT2D eigenvalue weighted by Crippen LogP contribution is -2.44. The first-order valence-electron chi connectivity index (χ1n) is 5.68. The molecular weight excluding hydrogens is 292 g/mol. The number of hydrogen-bond donors (Lipinski definition) is 1. The van der Waals surface area contributed by atoms with E-state index >= 15 is 0 Å². The second kappa shape index (κ2) is 6.49. The van der Waals surface area contributed by atoms with Crippen LogP contribution in [0.5, 0.6) is 0 Å². The van der Waals surface area contributed by atoms with E-state index in [1.54, 1.807) is 0 Å². The Morgan fingerprint density at radius 3 is 2.15 bits per heavy atom. The van der Waals surface area contributed by atoms with Crippen molar-refractivity contribution in [2.45, 2.75) is 38.5 Å². The molecule has 0 atom stereocenters. The fourth-order valence-electron chi connectivity index (χ4n) is 1.38. The summed E-state index contributed by atoms with van der Waals surface area (Å²) in [6, 6.07) is 2.73. The van der Waals surface area contributed by atoms with Crippen molar-refractivity contribution in [3.63, 3.8) is 0 Å². The molecule has 1 aromatic heterocycles. The number of nitrogens with one attached hydrogen (secondary N) is 1. The normalized spacial score (nSPS) is 13.2. The molecule has 0 saturated carbocycles. The smallest absolute Gasteiger partial charge is 0.423 e. The molecule has 0 amide bonds. The van der Waals surface area contributed by atoms with Gasteiger partial charge in [-0.25, -0.2) is 0 Å². The summed E-state index contributed by atoms with van der Waals surface area (Å²) >= 11 is 0. The van der Waals surface area contributed by atoms with Gasteiger partial charge in [0.2, 0.25) is 6.10 Å². The third kappa shape index (κ3) is 5.04. The molecule has 0 unspecified atom stereocenters. The van der Waals surface area contributed by atoms with Crippen molar-refractivity contribution in [1.82, 2.24) is 5.32 Å². The van der Waals surface area contributed by atoms with Crippen LogP contribution in [-0.2, 0) is 17.9 Å². The van der Waals surface area contributed by atoms with Gasteiger partial charge in [0.1, 0.15) is 18.1 Å². The lowest BCUT2D eigenvalue weighted by atomic mass is 10.3. The Hall–Kier alpha value is -1.22. The highest BCUT2D eigenvalue weighted by atomic mass is 19.4. The molecule has 0 spiro atoms. The molecule has 0 aliphatic rings. The van der Waals surface area contributed by atoms with E-state index in [2.05, 4.69) is 10.1 Å². The minimum atomic E-state index is -5.52. The van der Waals surface area contributed by atoms with E-state index in [1.165, 1.54) is 12.1 Å². The zero-order valence-electron chi connectivity index (χ0n) is 10.4. The summed E-state index contributed by atoms with van der Waals surface area (Å²) in [6.07, 6.45) is -14.9. The fraction of sp³-hybridized carbons (Fsp3) is 0.636. The van der Waals surface area contributed by atoms with Crippen LogP contribution in [0, 0.1) is 0 Å². The molecule has 0 radical (unpaired) electrons. The molecule has 0 aliphatic heterocycles. The SMILES string of the molecule is CCNCc1ccc(COC(C(F)(F)F)C(F)(F)F)o1. The number of halogens is 6. The van der Waals surface area contributed by atoms with Gasteiger partial charge in [-0.1, -0.05) is 6.92 Å². The van der Waals surface area contributed by atoms with Crippen LogP contribution in [0.15, 0.2) is 16.5 Å². The second-order valence-corrected chi connectivity index (χ2v) is 3.92. The van der Waals surface area contributed by atoms with Gasteiger partial charge in [-0.15, -0.1) is 0 Å². The average Bonchev–Trinajstić information content (AvgIpc) is 2.70.